The van der Waals surface area contributed by atoms with Crippen LogP contribution in [0.15, 0.2) is 53.8 Å². The van der Waals surface area contributed by atoms with E-state index in [4.69, 9.17) is 24.0 Å². The molecule has 0 aliphatic carbocycles. The Kier molecular flexibility index (Phi) is 4.50. The van der Waals surface area contributed by atoms with E-state index in [1.807, 2.05) is 57.0 Å². The second kappa shape index (κ2) is 7.32. The summed E-state index contributed by atoms with van der Waals surface area (Å²) >= 11 is 0. The van der Waals surface area contributed by atoms with Crippen LogP contribution in [-0.4, -0.2) is 45.3 Å². The number of halogens is 2. The van der Waals surface area contributed by atoms with E-state index in [9.17, 15) is 8.78 Å². The zero-order valence-corrected chi connectivity index (χ0v) is 21.0. The maximum atomic E-state index is 13.7. The molecule has 2 atom stereocenters. The summed E-state index contributed by atoms with van der Waals surface area (Å²) in [5.74, 6) is 1.95. The van der Waals surface area contributed by atoms with Crippen molar-refractivity contribution in [3.8, 4) is 5.75 Å². The van der Waals surface area contributed by atoms with Crippen molar-refractivity contribution < 1.29 is 22.8 Å². The standard InChI is InChI=1S/C26H26BF2N5O3/c1-13-30-23-20-14(27-36-25(2,3)26(4,5)37-27)10-11-19(35-24(28)29)21(20)17-12-18(34(23)32-13)22-31-15-8-6-7-9-16(15)33(17)22/h6-11,17-18,24,32H,1,12H2,2-5H3/t17-,18-/m1/s1. The molecule has 37 heavy (non-hydrogen) atoms. The molecule has 11 heteroatoms. The summed E-state index contributed by atoms with van der Waals surface area (Å²) < 4.78 is 47.5. The fraction of sp³-hybridized carbons (Fsp3) is 0.385. The number of fused-ring (bicyclic) bond motifs is 6. The molecule has 4 aliphatic heterocycles. The van der Waals surface area contributed by atoms with E-state index in [0.717, 1.165) is 16.9 Å². The van der Waals surface area contributed by atoms with E-state index in [2.05, 4.69) is 16.6 Å². The molecule has 0 unspecified atom stereocenters. The van der Waals surface area contributed by atoms with Crippen LogP contribution in [0, 0.1) is 0 Å². The van der Waals surface area contributed by atoms with Crippen molar-refractivity contribution in [3.63, 3.8) is 0 Å². The number of rotatable bonds is 3. The van der Waals surface area contributed by atoms with Gasteiger partial charge in [-0.05, 0) is 51.4 Å². The lowest BCUT2D eigenvalue weighted by Gasteiger charge is -2.32. The number of imidazole rings is 1. The average molecular weight is 505 g/mol. The number of nitrogens with one attached hydrogen (secondary N) is 1. The quantitative estimate of drug-likeness (QED) is 0.543. The smallest absolute Gasteiger partial charge is 0.434 e. The van der Waals surface area contributed by atoms with Crippen LogP contribution in [0.5, 0.6) is 5.75 Å². The number of aliphatic imine (C=N–C) groups is 1. The van der Waals surface area contributed by atoms with Gasteiger partial charge in [-0.1, -0.05) is 24.8 Å². The van der Waals surface area contributed by atoms with Gasteiger partial charge in [-0.15, -0.1) is 0 Å². The summed E-state index contributed by atoms with van der Waals surface area (Å²) in [5, 5.41) is 1.94. The number of hydrogen-bond donors (Lipinski definition) is 1. The number of ether oxygens (including phenoxy) is 1. The van der Waals surface area contributed by atoms with Crippen molar-refractivity contribution in [2.75, 3.05) is 0 Å². The molecule has 1 fully saturated rings. The Morgan fingerprint density at radius 3 is 2.57 bits per heavy atom. The number of amidine groups is 1. The van der Waals surface area contributed by atoms with Gasteiger partial charge in [0.2, 0.25) is 0 Å². The second-order valence-corrected chi connectivity index (χ2v) is 10.9. The number of alkyl halides is 2. The maximum Gasteiger partial charge on any atom is 0.495 e. The van der Waals surface area contributed by atoms with Gasteiger partial charge in [0, 0.05) is 17.5 Å². The topological polar surface area (TPSA) is 73.1 Å². The van der Waals surface area contributed by atoms with E-state index >= 15 is 0 Å². The highest BCUT2D eigenvalue weighted by Crippen LogP contribution is 2.51. The zero-order valence-electron chi connectivity index (χ0n) is 21.0. The van der Waals surface area contributed by atoms with Crippen molar-refractivity contribution in [1.82, 2.24) is 20.0 Å². The Morgan fingerprint density at radius 2 is 1.84 bits per heavy atom. The summed E-state index contributed by atoms with van der Waals surface area (Å²) in [6, 6.07) is 10.7. The molecule has 190 valence electrons. The van der Waals surface area contributed by atoms with Crippen molar-refractivity contribution in [2.24, 2.45) is 4.99 Å². The van der Waals surface area contributed by atoms with Crippen LogP contribution in [0.2, 0.25) is 0 Å². The van der Waals surface area contributed by atoms with Crippen molar-refractivity contribution in [1.29, 1.82) is 0 Å². The third-order valence-corrected chi connectivity index (χ3v) is 8.23. The van der Waals surface area contributed by atoms with Crippen LogP contribution in [0.3, 0.4) is 0 Å². The largest absolute Gasteiger partial charge is 0.495 e. The first-order valence-electron chi connectivity index (χ1n) is 12.3. The third-order valence-electron chi connectivity index (χ3n) is 8.23. The normalized spacial score (nSPS) is 24.6. The summed E-state index contributed by atoms with van der Waals surface area (Å²) in [6.45, 7) is 8.96. The van der Waals surface area contributed by atoms with Gasteiger partial charge >= 0.3 is 13.7 Å². The lowest BCUT2D eigenvalue weighted by Crippen LogP contribution is -2.45. The highest BCUT2D eigenvalue weighted by molar-refractivity contribution is 6.64. The minimum atomic E-state index is -2.99. The number of benzene rings is 2. The van der Waals surface area contributed by atoms with Crippen molar-refractivity contribution >= 4 is 29.5 Å². The van der Waals surface area contributed by atoms with E-state index in [-0.39, 0.29) is 17.8 Å². The van der Waals surface area contributed by atoms with Gasteiger partial charge in [-0.3, -0.25) is 10.4 Å². The number of nitrogens with zero attached hydrogens (tertiary/aromatic N) is 4. The van der Waals surface area contributed by atoms with Crippen molar-refractivity contribution in [2.45, 2.75) is 64.0 Å². The van der Waals surface area contributed by atoms with Crippen LogP contribution in [0.1, 0.15) is 63.2 Å². The van der Waals surface area contributed by atoms with Gasteiger partial charge in [-0.25, -0.2) is 9.98 Å². The summed E-state index contributed by atoms with van der Waals surface area (Å²) in [7, 11) is -0.728. The SMILES string of the molecule is C=C1N=C2c3c(B4OC(C)(C)C(C)(C)O4)ccc(OC(F)F)c3[C@H]3C[C@H](c4nc5ccccc5n43)N2N1. The predicted octanol–water partition coefficient (Wildman–Crippen LogP) is 4.02. The second-order valence-electron chi connectivity index (χ2n) is 10.9. The fourth-order valence-corrected chi connectivity index (χ4v) is 5.88. The van der Waals surface area contributed by atoms with E-state index in [0.29, 0.717) is 34.7 Å². The van der Waals surface area contributed by atoms with Gasteiger partial charge in [-0.2, -0.15) is 8.78 Å². The molecule has 0 amide bonds. The fourth-order valence-electron chi connectivity index (χ4n) is 5.88. The van der Waals surface area contributed by atoms with Crippen LogP contribution < -0.4 is 15.6 Å². The predicted molar refractivity (Wildman–Crippen MR) is 135 cm³/mol. The van der Waals surface area contributed by atoms with E-state index in [1.165, 1.54) is 0 Å². The molecule has 2 aromatic carbocycles. The average Bonchev–Trinajstić information content (AvgIpc) is 3.51. The Morgan fingerprint density at radius 1 is 1.11 bits per heavy atom. The molecule has 1 saturated heterocycles. The maximum absolute atomic E-state index is 13.7. The van der Waals surface area contributed by atoms with Gasteiger partial charge in [0.05, 0.1) is 28.3 Å². The van der Waals surface area contributed by atoms with Gasteiger partial charge < -0.3 is 18.6 Å². The summed E-state index contributed by atoms with van der Waals surface area (Å²) in [4.78, 5) is 9.65. The van der Waals surface area contributed by atoms with E-state index in [1.54, 1.807) is 12.1 Å². The molecule has 7 rings (SSSR count). The molecule has 0 radical (unpaired) electrons. The lowest BCUT2D eigenvalue weighted by atomic mass is 9.73. The Bertz CT molecular complexity index is 1500. The first-order valence-corrected chi connectivity index (χ1v) is 12.3. The molecule has 3 aromatic rings. The number of aromatic nitrogens is 2. The highest BCUT2D eigenvalue weighted by Gasteiger charge is 2.55. The molecule has 1 N–H and O–H groups in total. The minimum absolute atomic E-state index is 0.0988. The van der Waals surface area contributed by atoms with Crippen LogP contribution in [0.25, 0.3) is 11.0 Å². The van der Waals surface area contributed by atoms with Gasteiger partial charge in [0.15, 0.2) is 5.84 Å². The lowest BCUT2D eigenvalue weighted by molar-refractivity contribution is -0.0506. The molecule has 2 bridgehead atoms. The first kappa shape index (κ1) is 22.7. The molecule has 1 aromatic heterocycles. The zero-order chi connectivity index (χ0) is 25.9. The molecule has 4 aliphatic rings. The number of hydrogen-bond acceptors (Lipinski definition) is 7. The molecular weight excluding hydrogens is 479 g/mol. The van der Waals surface area contributed by atoms with Crippen LogP contribution in [-0.2, 0) is 9.31 Å². The van der Waals surface area contributed by atoms with Gasteiger partial charge in [0.25, 0.3) is 0 Å². The third kappa shape index (κ3) is 3.07. The molecule has 0 spiro atoms. The van der Waals surface area contributed by atoms with Gasteiger partial charge in [0.1, 0.15) is 23.4 Å². The summed E-state index contributed by atoms with van der Waals surface area (Å²) in [6.07, 6.45) is 0.589. The Hall–Kier alpha value is -3.44. The number of para-hydroxylation sites is 2. The molecule has 5 heterocycles. The first-order chi connectivity index (χ1) is 17.6. The monoisotopic (exact) mass is 505 g/mol. The van der Waals surface area contributed by atoms with Crippen molar-refractivity contribution in [3.05, 3.63) is 65.7 Å². The van der Waals surface area contributed by atoms with E-state index < -0.39 is 24.9 Å². The van der Waals surface area contributed by atoms with Crippen LogP contribution in [0.4, 0.5) is 8.78 Å². The molecule has 8 nitrogen and oxygen atoms in total. The molecule has 0 saturated carbocycles. The Balaban J connectivity index is 1.53. The van der Waals surface area contributed by atoms with Crippen LogP contribution >= 0.6 is 0 Å². The Labute approximate surface area is 213 Å². The molecular formula is C26H26BF2N5O3. The highest BCUT2D eigenvalue weighted by atomic mass is 19.3. The summed E-state index contributed by atoms with van der Waals surface area (Å²) in [5.41, 5.74) is 5.83. The minimum Gasteiger partial charge on any atom is -0.434 e. The number of hydrazine groups is 1.